The highest BCUT2D eigenvalue weighted by molar-refractivity contribution is 5.86. The van der Waals surface area contributed by atoms with E-state index in [4.69, 9.17) is 5.73 Å². The zero-order valence-corrected chi connectivity index (χ0v) is 13.7. The molecule has 0 unspecified atom stereocenters. The molecule has 124 valence electrons. The number of fused-ring (bicyclic) bond motifs is 1. The minimum Gasteiger partial charge on any atom is -0.361 e. The second kappa shape index (κ2) is 7.79. The second-order valence-electron chi connectivity index (χ2n) is 6.05. The predicted octanol–water partition coefficient (Wildman–Crippen LogP) is 2.79. The lowest BCUT2D eigenvalue weighted by atomic mass is 10.0. The Balaban J connectivity index is 1.46. The lowest BCUT2D eigenvalue weighted by Crippen LogP contribution is -2.42. The van der Waals surface area contributed by atoms with E-state index in [0.717, 1.165) is 29.3 Å². The zero-order chi connectivity index (χ0) is 16.8. The Morgan fingerprint density at radius 3 is 2.67 bits per heavy atom. The third-order valence-corrected chi connectivity index (χ3v) is 4.24. The predicted molar refractivity (Wildman–Crippen MR) is 97.8 cm³/mol. The first-order valence-corrected chi connectivity index (χ1v) is 8.36. The number of carbonyl (C=O) groups excluding carboxylic acids is 1. The van der Waals surface area contributed by atoms with E-state index in [1.807, 2.05) is 48.7 Å². The average Bonchev–Trinajstić information content (AvgIpc) is 3.02. The summed E-state index contributed by atoms with van der Waals surface area (Å²) >= 11 is 0. The van der Waals surface area contributed by atoms with Gasteiger partial charge in [0.25, 0.3) is 0 Å². The normalized spacial score (nSPS) is 12.2. The number of aromatic amines is 1. The molecule has 24 heavy (non-hydrogen) atoms. The van der Waals surface area contributed by atoms with Crippen molar-refractivity contribution in [2.45, 2.75) is 25.3 Å². The molecule has 0 saturated heterocycles. The first-order chi connectivity index (χ1) is 11.7. The number of hydrogen-bond donors (Lipinski definition) is 3. The van der Waals surface area contributed by atoms with E-state index in [-0.39, 0.29) is 5.91 Å². The van der Waals surface area contributed by atoms with Crippen LogP contribution in [-0.2, 0) is 17.6 Å². The summed E-state index contributed by atoms with van der Waals surface area (Å²) in [6.07, 6.45) is 4.34. The Kier molecular flexibility index (Phi) is 5.29. The van der Waals surface area contributed by atoms with Crippen molar-refractivity contribution in [2.24, 2.45) is 5.73 Å². The summed E-state index contributed by atoms with van der Waals surface area (Å²) in [6, 6.07) is 17.8. The molecule has 0 fully saturated rings. The SMILES string of the molecule is N[C@@H](Cc1c[nH]c2ccccc12)C(=O)NCCCc1ccccc1. The van der Waals surface area contributed by atoms with Crippen molar-refractivity contribution >= 4 is 16.8 Å². The number of carbonyl (C=O) groups is 1. The first kappa shape index (κ1) is 16.3. The van der Waals surface area contributed by atoms with Crippen molar-refractivity contribution in [3.63, 3.8) is 0 Å². The fraction of sp³-hybridized carbons (Fsp3) is 0.250. The molecule has 1 atom stereocenters. The molecule has 3 rings (SSSR count). The number of rotatable bonds is 7. The van der Waals surface area contributed by atoms with Crippen LogP contribution >= 0.6 is 0 Å². The van der Waals surface area contributed by atoms with Crippen LogP contribution < -0.4 is 11.1 Å². The van der Waals surface area contributed by atoms with Gasteiger partial charge in [-0.15, -0.1) is 0 Å². The number of H-pyrrole nitrogens is 1. The van der Waals surface area contributed by atoms with E-state index >= 15 is 0 Å². The number of para-hydroxylation sites is 1. The summed E-state index contributed by atoms with van der Waals surface area (Å²) in [5.41, 5.74) is 9.51. The number of aryl methyl sites for hydroxylation is 1. The summed E-state index contributed by atoms with van der Waals surface area (Å²) < 4.78 is 0. The lowest BCUT2D eigenvalue weighted by Gasteiger charge is -2.12. The summed E-state index contributed by atoms with van der Waals surface area (Å²) in [6.45, 7) is 0.648. The molecule has 0 bridgehead atoms. The topological polar surface area (TPSA) is 70.9 Å². The molecule has 0 aliphatic carbocycles. The maximum Gasteiger partial charge on any atom is 0.237 e. The van der Waals surface area contributed by atoms with Gasteiger partial charge in [-0.05, 0) is 36.5 Å². The Bertz CT molecular complexity index is 795. The number of hydrogen-bond acceptors (Lipinski definition) is 2. The molecular formula is C20H23N3O. The van der Waals surface area contributed by atoms with Crippen molar-refractivity contribution in [1.82, 2.24) is 10.3 Å². The maximum absolute atomic E-state index is 12.2. The summed E-state index contributed by atoms with van der Waals surface area (Å²) in [5.74, 6) is -0.0895. The van der Waals surface area contributed by atoms with Gasteiger partial charge in [0.2, 0.25) is 5.91 Å². The van der Waals surface area contributed by atoms with Crippen LogP contribution in [0, 0.1) is 0 Å². The molecule has 1 amide bonds. The number of nitrogens with one attached hydrogen (secondary N) is 2. The molecule has 0 radical (unpaired) electrons. The summed E-state index contributed by atoms with van der Waals surface area (Å²) in [7, 11) is 0. The van der Waals surface area contributed by atoms with E-state index in [1.54, 1.807) is 0 Å². The molecule has 0 spiro atoms. The summed E-state index contributed by atoms with van der Waals surface area (Å²) in [5, 5.41) is 4.07. The van der Waals surface area contributed by atoms with Crippen LogP contribution in [-0.4, -0.2) is 23.5 Å². The third kappa shape index (κ3) is 4.03. The van der Waals surface area contributed by atoms with Gasteiger partial charge in [-0.25, -0.2) is 0 Å². The Morgan fingerprint density at radius 1 is 1.08 bits per heavy atom. The second-order valence-corrected chi connectivity index (χ2v) is 6.05. The smallest absolute Gasteiger partial charge is 0.237 e. The van der Waals surface area contributed by atoms with Gasteiger partial charge in [0.1, 0.15) is 0 Å². The van der Waals surface area contributed by atoms with Gasteiger partial charge in [0, 0.05) is 23.6 Å². The highest BCUT2D eigenvalue weighted by atomic mass is 16.2. The van der Waals surface area contributed by atoms with Gasteiger partial charge in [-0.3, -0.25) is 4.79 Å². The number of amides is 1. The third-order valence-electron chi connectivity index (χ3n) is 4.24. The lowest BCUT2D eigenvalue weighted by molar-refractivity contribution is -0.122. The van der Waals surface area contributed by atoms with Crippen molar-refractivity contribution in [2.75, 3.05) is 6.54 Å². The first-order valence-electron chi connectivity index (χ1n) is 8.36. The van der Waals surface area contributed by atoms with Crippen molar-refractivity contribution in [3.8, 4) is 0 Å². The molecule has 0 aliphatic heterocycles. The zero-order valence-electron chi connectivity index (χ0n) is 13.7. The Hall–Kier alpha value is -2.59. The molecule has 0 saturated carbocycles. The maximum atomic E-state index is 12.2. The molecule has 2 aromatic carbocycles. The number of benzene rings is 2. The van der Waals surface area contributed by atoms with Gasteiger partial charge in [-0.2, -0.15) is 0 Å². The van der Waals surface area contributed by atoms with E-state index in [0.29, 0.717) is 13.0 Å². The molecule has 0 aliphatic rings. The molecule has 4 heteroatoms. The van der Waals surface area contributed by atoms with Crippen LogP contribution in [0.2, 0.25) is 0 Å². The van der Waals surface area contributed by atoms with Crippen LogP contribution in [0.25, 0.3) is 10.9 Å². The van der Waals surface area contributed by atoms with Gasteiger partial charge in [0.15, 0.2) is 0 Å². The standard InChI is InChI=1S/C20H23N3O/c21-18(13-16-14-23-19-11-5-4-10-17(16)19)20(24)22-12-6-9-15-7-2-1-3-8-15/h1-5,7-8,10-11,14,18,23H,6,9,12-13,21H2,(H,22,24)/t18-/m0/s1. The van der Waals surface area contributed by atoms with Crippen molar-refractivity contribution < 1.29 is 4.79 Å². The fourth-order valence-corrected chi connectivity index (χ4v) is 2.91. The van der Waals surface area contributed by atoms with Crippen LogP contribution in [0.3, 0.4) is 0 Å². The van der Waals surface area contributed by atoms with Gasteiger partial charge < -0.3 is 16.0 Å². The minimum atomic E-state index is -0.527. The minimum absolute atomic E-state index is 0.0895. The van der Waals surface area contributed by atoms with Crippen LogP contribution in [0.4, 0.5) is 0 Å². The highest BCUT2D eigenvalue weighted by Gasteiger charge is 2.15. The molecule has 1 heterocycles. The van der Waals surface area contributed by atoms with Crippen LogP contribution in [0.15, 0.2) is 60.8 Å². The number of nitrogens with two attached hydrogens (primary N) is 1. The van der Waals surface area contributed by atoms with Gasteiger partial charge in [0.05, 0.1) is 6.04 Å². The molecule has 3 aromatic rings. The van der Waals surface area contributed by atoms with Crippen molar-refractivity contribution in [3.05, 3.63) is 71.9 Å². The monoisotopic (exact) mass is 321 g/mol. The van der Waals surface area contributed by atoms with Gasteiger partial charge in [-0.1, -0.05) is 48.5 Å². The van der Waals surface area contributed by atoms with Crippen LogP contribution in [0.5, 0.6) is 0 Å². The van der Waals surface area contributed by atoms with Crippen molar-refractivity contribution in [1.29, 1.82) is 0 Å². The molecule has 4 N–H and O–H groups in total. The molecule has 1 aromatic heterocycles. The highest BCUT2D eigenvalue weighted by Crippen LogP contribution is 2.18. The fourth-order valence-electron chi connectivity index (χ4n) is 2.91. The number of aromatic nitrogens is 1. The van der Waals surface area contributed by atoms with E-state index < -0.39 is 6.04 Å². The Labute approximate surface area is 142 Å². The molecular weight excluding hydrogens is 298 g/mol. The summed E-state index contributed by atoms with van der Waals surface area (Å²) in [4.78, 5) is 15.4. The average molecular weight is 321 g/mol. The van der Waals surface area contributed by atoms with E-state index in [1.165, 1.54) is 5.56 Å². The largest absolute Gasteiger partial charge is 0.361 e. The van der Waals surface area contributed by atoms with E-state index in [2.05, 4.69) is 22.4 Å². The quantitative estimate of drug-likeness (QED) is 0.586. The van der Waals surface area contributed by atoms with Gasteiger partial charge >= 0.3 is 0 Å². The van der Waals surface area contributed by atoms with Crippen LogP contribution in [0.1, 0.15) is 17.5 Å². The van der Waals surface area contributed by atoms with E-state index in [9.17, 15) is 4.79 Å². The molecule has 4 nitrogen and oxygen atoms in total. The Morgan fingerprint density at radius 2 is 1.83 bits per heavy atom.